The van der Waals surface area contributed by atoms with E-state index < -0.39 is 12.0 Å². The largest absolute Gasteiger partial charge is 0.449 e. The third-order valence-electron chi connectivity index (χ3n) is 2.95. The maximum atomic E-state index is 12.9. The van der Waals surface area contributed by atoms with E-state index in [1.165, 1.54) is 11.5 Å². The van der Waals surface area contributed by atoms with Gasteiger partial charge in [-0.2, -0.15) is 13.2 Å². The lowest BCUT2D eigenvalue weighted by atomic mass is 10.2. The van der Waals surface area contributed by atoms with Gasteiger partial charge in [-0.1, -0.05) is 0 Å². The summed E-state index contributed by atoms with van der Waals surface area (Å²) < 4.78 is 40.0. The average molecular weight is 276 g/mol. The van der Waals surface area contributed by atoms with E-state index in [-0.39, 0.29) is 19.0 Å². The molecule has 2 rings (SSSR count). The fraction of sp³-hybridized carbons (Fsp3) is 0.636. The molecule has 1 aromatic rings. The zero-order valence-electron chi connectivity index (χ0n) is 10.5. The van der Waals surface area contributed by atoms with Crippen LogP contribution in [0.4, 0.5) is 13.2 Å². The zero-order valence-corrected chi connectivity index (χ0v) is 10.5. The molecule has 1 aliphatic rings. The van der Waals surface area contributed by atoms with Crippen molar-refractivity contribution in [3.05, 3.63) is 17.2 Å². The molecule has 106 valence electrons. The summed E-state index contributed by atoms with van der Waals surface area (Å²) in [6, 6.07) is 0. The van der Waals surface area contributed by atoms with E-state index in [2.05, 4.69) is 15.6 Å². The number of carbonyl (C=O) groups excluding carboxylic acids is 1. The number of nitrogens with one attached hydrogen (secondary N) is 2. The third-order valence-corrected chi connectivity index (χ3v) is 2.95. The van der Waals surface area contributed by atoms with Gasteiger partial charge in [-0.3, -0.25) is 4.79 Å². The minimum Gasteiger partial charge on any atom is -0.355 e. The van der Waals surface area contributed by atoms with Crippen LogP contribution in [0.1, 0.15) is 24.1 Å². The van der Waals surface area contributed by atoms with Crippen LogP contribution in [0.3, 0.4) is 0 Å². The van der Waals surface area contributed by atoms with Gasteiger partial charge >= 0.3 is 6.18 Å². The molecule has 0 unspecified atom stereocenters. The maximum Gasteiger partial charge on any atom is 0.449 e. The molecule has 0 saturated heterocycles. The van der Waals surface area contributed by atoms with Gasteiger partial charge in [0, 0.05) is 45.2 Å². The van der Waals surface area contributed by atoms with Crippen LogP contribution >= 0.6 is 0 Å². The third kappa shape index (κ3) is 3.06. The average Bonchev–Trinajstić information content (AvgIpc) is 2.68. The molecule has 0 fully saturated rings. The van der Waals surface area contributed by atoms with E-state index in [1.807, 2.05) is 0 Å². The van der Waals surface area contributed by atoms with Crippen LogP contribution in [-0.4, -0.2) is 28.5 Å². The quantitative estimate of drug-likeness (QED) is 0.853. The predicted molar refractivity (Wildman–Crippen MR) is 61.3 cm³/mol. The SMILES string of the molecule is CC(=O)NCCn1c(C(F)(F)F)nc2c1CCNC2. The van der Waals surface area contributed by atoms with Crippen molar-refractivity contribution in [2.24, 2.45) is 0 Å². The van der Waals surface area contributed by atoms with Crippen LogP contribution < -0.4 is 10.6 Å². The van der Waals surface area contributed by atoms with Gasteiger partial charge in [0.2, 0.25) is 11.7 Å². The van der Waals surface area contributed by atoms with Crippen molar-refractivity contribution in [1.29, 1.82) is 0 Å². The number of halogens is 3. The van der Waals surface area contributed by atoms with Crippen LogP contribution in [0, 0.1) is 0 Å². The highest BCUT2D eigenvalue weighted by Crippen LogP contribution is 2.31. The monoisotopic (exact) mass is 276 g/mol. The highest BCUT2D eigenvalue weighted by atomic mass is 19.4. The van der Waals surface area contributed by atoms with Crippen molar-refractivity contribution in [1.82, 2.24) is 20.2 Å². The molecule has 8 heteroatoms. The van der Waals surface area contributed by atoms with E-state index in [0.717, 1.165) is 0 Å². The van der Waals surface area contributed by atoms with Gasteiger partial charge < -0.3 is 15.2 Å². The van der Waals surface area contributed by atoms with Gasteiger partial charge in [0.1, 0.15) is 0 Å². The molecule has 5 nitrogen and oxygen atoms in total. The van der Waals surface area contributed by atoms with Crippen LogP contribution in [0.25, 0.3) is 0 Å². The summed E-state index contributed by atoms with van der Waals surface area (Å²) in [4.78, 5) is 14.5. The highest BCUT2D eigenvalue weighted by molar-refractivity contribution is 5.72. The minimum atomic E-state index is -4.48. The lowest BCUT2D eigenvalue weighted by molar-refractivity contribution is -0.147. The van der Waals surface area contributed by atoms with Crippen molar-refractivity contribution in [3.63, 3.8) is 0 Å². The summed E-state index contributed by atoms with van der Waals surface area (Å²) in [5.41, 5.74) is 1.05. The fourth-order valence-electron chi connectivity index (χ4n) is 2.17. The van der Waals surface area contributed by atoms with Crippen molar-refractivity contribution in [2.45, 2.75) is 32.6 Å². The lowest BCUT2D eigenvalue weighted by Gasteiger charge is -2.16. The molecule has 0 bridgehead atoms. The van der Waals surface area contributed by atoms with Crippen molar-refractivity contribution in [3.8, 4) is 0 Å². The van der Waals surface area contributed by atoms with E-state index in [4.69, 9.17) is 0 Å². The van der Waals surface area contributed by atoms with Gasteiger partial charge in [-0.15, -0.1) is 0 Å². The molecular weight excluding hydrogens is 261 g/mol. The number of imidazole rings is 1. The Labute approximate surface area is 108 Å². The molecule has 0 saturated carbocycles. The van der Waals surface area contributed by atoms with Crippen LogP contribution in [0.15, 0.2) is 0 Å². The Kier molecular flexibility index (Phi) is 3.79. The second kappa shape index (κ2) is 5.20. The normalized spacial score (nSPS) is 15.2. The number of aromatic nitrogens is 2. The molecule has 19 heavy (non-hydrogen) atoms. The molecule has 1 aliphatic heterocycles. The van der Waals surface area contributed by atoms with Gasteiger partial charge in [0.05, 0.1) is 5.69 Å². The fourth-order valence-corrected chi connectivity index (χ4v) is 2.17. The molecule has 1 aromatic heterocycles. The van der Waals surface area contributed by atoms with Crippen molar-refractivity contribution >= 4 is 5.91 Å². The summed E-state index contributed by atoms with van der Waals surface area (Å²) in [5.74, 6) is -1.14. The minimum absolute atomic E-state index is 0.0801. The molecule has 0 aromatic carbocycles. The molecule has 0 aliphatic carbocycles. The highest BCUT2D eigenvalue weighted by Gasteiger charge is 2.39. The number of hydrogen-bond donors (Lipinski definition) is 2. The first-order chi connectivity index (χ1) is 8.89. The van der Waals surface area contributed by atoms with Crippen LogP contribution in [0.5, 0.6) is 0 Å². The first kappa shape index (κ1) is 13.9. The second-order valence-corrected chi connectivity index (χ2v) is 4.39. The molecule has 2 N–H and O–H groups in total. The van der Waals surface area contributed by atoms with Gasteiger partial charge in [-0.25, -0.2) is 4.98 Å². The van der Waals surface area contributed by atoms with E-state index in [0.29, 0.717) is 30.9 Å². The second-order valence-electron chi connectivity index (χ2n) is 4.39. The van der Waals surface area contributed by atoms with Crippen LogP contribution in [0.2, 0.25) is 0 Å². The molecule has 0 atom stereocenters. The number of nitrogens with zero attached hydrogens (tertiary/aromatic N) is 2. The van der Waals surface area contributed by atoms with Gasteiger partial charge in [-0.05, 0) is 0 Å². The van der Waals surface area contributed by atoms with Crippen molar-refractivity contribution < 1.29 is 18.0 Å². The summed E-state index contributed by atoms with van der Waals surface area (Å²) >= 11 is 0. The van der Waals surface area contributed by atoms with Crippen molar-refractivity contribution in [2.75, 3.05) is 13.1 Å². The van der Waals surface area contributed by atoms with Crippen LogP contribution in [-0.2, 0) is 30.5 Å². The zero-order chi connectivity index (χ0) is 14.0. The predicted octanol–water partition coefficient (Wildman–Crippen LogP) is 0.684. The number of alkyl halides is 3. The molecule has 1 amide bonds. The lowest BCUT2D eigenvalue weighted by Crippen LogP contribution is -2.29. The Morgan fingerprint density at radius 3 is 2.89 bits per heavy atom. The van der Waals surface area contributed by atoms with E-state index in [1.54, 1.807) is 0 Å². The molecule has 0 spiro atoms. The van der Waals surface area contributed by atoms with E-state index >= 15 is 0 Å². The smallest absolute Gasteiger partial charge is 0.355 e. The Morgan fingerprint density at radius 1 is 1.53 bits per heavy atom. The summed E-state index contributed by atoms with van der Waals surface area (Å²) in [7, 11) is 0. The first-order valence-electron chi connectivity index (χ1n) is 6.00. The Hall–Kier alpha value is -1.57. The Morgan fingerprint density at radius 2 is 2.26 bits per heavy atom. The topological polar surface area (TPSA) is 59.0 Å². The molecule has 2 heterocycles. The number of rotatable bonds is 3. The summed E-state index contributed by atoms with van der Waals surface area (Å²) in [5, 5.41) is 5.49. The number of fused-ring (bicyclic) bond motifs is 1. The standard InChI is InChI=1S/C11H15F3N4O/c1-7(19)16-4-5-18-9-2-3-15-6-8(9)17-10(18)11(12,13)14/h15H,2-6H2,1H3,(H,16,19). The molecule has 0 radical (unpaired) electrons. The summed E-state index contributed by atoms with van der Waals surface area (Å²) in [6.45, 7) is 2.56. The first-order valence-corrected chi connectivity index (χ1v) is 6.00. The Bertz CT molecular complexity index is 481. The number of amides is 1. The number of carbonyl (C=O) groups is 1. The van der Waals surface area contributed by atoms with Gasteiger partial charge in [0.25, 0.3) is 0 Å². The van der Waals surface area contributed by atoms with E-state index in [9.17, 15) is 18.0 Å². The maximum absolute atomic E-state index is 12.9. The summed E-state index contributed by atoms with van der Waals surface area (Å²) in [6.07, 6.45) is -3.97. The number of hydrogen-bond acceptors (Lipinski definition) is 3. The Balaban J connectivity index is 2.27. The van der Waals surface area contributed by atoms with Gasteiger partial charge in [0.15, 0.2) is 0 Å². The molecular formula is C11H15F3N4O.